The normalized spacial score (nSPS) is 23.9. The van der Waals surface area contributed by atoms with Crippen LogP contribution in [-0.4, -0.2) is 16.7 Å². The molecule has 0 aliphatic carbocycles. The summed E-state index contributed by atoms with van der Waals surface area (Å²) in [6, 6.07) is 5.83. The lowest BCUT2D eigenvalue weighted by atomic mass is 10.00. The van der Waals surface area contributed by atoms with Gasteiger partial charge in [0.2, 0.25) is 11.8 Å². The lowest BCUT2D eigenvalue weighted by Crippen LogP contribution is -2.30. The van der Waals surface area contributed by atoms with E-state index in [1.54, 1.807) is 0 Å². The summed E-state index contributed by atoms with van der Waals surface area (Å²) in [5.41, 5.74) is 2.08. The predicted molar refractivity (Wildman–Crippen MR) is 72.8 cm³/mol. The van der Waals surface area contributed by atoms with Crippen molar-refractivity contribution in [2.75, 3.05) is 0 Å². The average Bonchev–Trinajstić information content (AvgIpc) is 2.52. The number of hydrogen-bond acceptors (Lipinski definition) is 2. The SMILES string of the molecule is Cc1c(Br)cccc1CN1C(=O)[C@@H](C)[C@H](C)C1=O. The van der Waals surface area contributed by atoms with Crippen molar-refractivity contribution >= 4 is 27.7 Å². The third-order valence-corrected chi connectivity index (χ3v) is 4.63. The second kappa shape index (κ2) is 4.84. The Morgan fingerprint density at radius 2 is 1.72 bits per heavy atom. The quantitative estimate of drug-likeness (QED) is 0.788. The minimum absolute atomic E-state index is 0.0631. The lowest BCUT2D eigenvalue weighted by molar-refractivity contribution is -0.140. The van der Waals surface area contributed by atoms with E-state index in [0.29, 0.717) is 6.54 Å². The minimum atomic E-state index is -0.204. The van der Waals surface area contributed by atoms with E-state index in [2.05, 4.69) is 15.9 Å². The third-order valence-electron chi connectivity index (χ3n) is 3.77. The average molecular weight is 310 g/mol. The maximum absolute atomic E-state index is 12.0. The van der Waals surface area contributed by atoms with Gasteiger partial charge >= 0.3 is 0 Å². The Bertz CT molecular complexity index is 493. The van der Waals surface area contributed by atoms with Crippen molar-refractivity contribution in [3.63, 3.8) is 0 Å². The Morgan fingerprint density at radius 1 is 1.17 bits per heavy atom. The van der Waals surface area contributed by atoms with E-state index in [-0.39, 0.29) is 23.7 Å². The lowest BCUT2D eigenvalue weighted by Gasteiger charge is -2.16. The van der Waals surface area contributed by atoms with Gasteiger partial charge in [0.05, 0.1) is 6.54 Å². The molecule has 0 saturated carbocycles. The van der Waals surface area contributed by atoms with Crippen LogP contribution in [0.15, 0.2) is 22.7 Å². The molecule has 2 rings (SSSR count). The van der Waals surface area contributed by atoms with Crippen molar-refractivity contribution in [1.29, 1.82) is 0 Å². The number of hydrogen-bond donors (Lipinski definition) is 0. The number of rotatable bonds is 2. The smallest absolute Gasteiger partial charge is 0.233 e. The summed E-state index contributed by atoms with van der Waals surface area (Å²) < 4.78 is 1.00. The summed E-state index contributed by atoms with van der Waals surface area (Å²) in [6.07, 6.45) is 0. The predicted octanol–water partition coefficient (Wildman–Crippen LogP) is 2.90. The van der Waals surface area contributed by atoms with Crippen molar-refractivity contribution in [2.45, 2.75) is 27.3 Å². The van der Waals surface area contributed by atoms with E-state index in [9.17, 15) is 9.59 Å². The topological polar surface area (TPSA) is 37.4 Å². The Labute approximate surface area is 115 Å². The van der Waals surface area contributed by atoms with Gasteiger partial charge in [-0.3, -0.25) is 14.5 Å². The van der Waals surface area contributed by atoms with E-state index < -0.39 is 0 Å². The first-order valence-corrected chi connectivity index (χ1v) is 6.82. The summed E-state index contributed by atoms with van der Waals surface area (Å²) in [5.74, 6) is -0.534. The molecule has 1 fully saturated rings. The highest BCUT2D eigenvalue weighted by Gasteiger charge is 2.42. The van der Waals surface area contributed by atoms with Crippen LogP contribution in [0.5, 0.6) is 0 Å². The largest absolute Gasteiger partial charge is 0.278 e. The zero-order chi connectivity index (χ0) is 13.4. The third kappa shape index (κ3) is 2.09. The second-order valence-electron chi connectivity index (χ2n) is 4.86. The summed E-state index contributed by atoms with van der Waals surface area (Å²) in [6.45, 7) is 5.99. The highest BCUT2D eigenvalue weighted by molar-refractivity contribution is 9.10. The van der Waals surface area contributed by atoms with Gasteiger partial charge in [-0.1, -0.05) is 41.9 Å². The molecule has 0 N–H and O–H groups in total. The number of halogens is 1. The fourth-order valence-electron chi connectivity index (χ4n) is 2.18. The summed E-state index contributed by atoms with van der Waals surface area (Å²) >= 11 is 3.46. The molecule has 0 radical (unpaired) electrons. The Morgan fingerprint density at radius 3 is 2.28 bits per heavy atom. The number of imide groups is 1. The van der Waals surface area contributed by atoms with Crippen molar-refractivity contribution in [3.8, 4) is 0 Å². The molecule has 0 bridgehead atoms. The molecule has 0 aromatic heterocycles. The van der Waals surface area contributed by atoms with Crippen LogP contribution in [0, 0.1) is 18.8 Å². The van der Waals surface area contributed by atoms with E-state index >= 15 is 0 Å². The van der Waals surface area contributed by atoms with Gasteiger partial charge < -0.3 is 0 Å². The van der Waals surface area contributed by atoms with Gasteiger partial charge in [0.1, 0.15) is 0 Å². The van der Waals surface area contributed by atoms with Crippen molar-refractivity contribution in [1.82, 2.24) is 4.90 Å². The number of carbonyl (C=O) groups is 2. The van der Waals surface area contributed by atoms with E-state index in [1.807, 2.05) is 39.0 Å². The van der Waals surface area contributed by atoms with Gasteiger partial charge in [-0.05, 0) is 24.1 Å². The molecule has 0 unspecified atom stereocenters. The number of carbonyl (C=O) groups excluding carboxylic acids is 2. The minimum Gasteiger partial charge on any atom is -0.278 e. The molecule has 1 heterocycles. The first kappa shape index (κ1) is 13.3. The van der Waals surface area contributed by atoms with Gasteiger partial charge in [0.15, 0.2) is 0 Å². The molecule has 0 spiro atoms. The molecule has 3 nitrogen and oxygen atoms in total. The number of likely N-dealkylation sites (tertiary alicyclic amines) is 1. The van der Waals surface area contributed by atoms with E-state index in [4.69, 9.17) is 0 Å². The molecule has 2 atom stereocenters. The summed E-state index contributed by atoms with van der Waals surface area (Å²) in [7, 11) is 0. The molecular formula is C14H16BrNO2. The molecule has 1 aliphatic rings. The highest BCUT2D eigenvalue weighted by atomic mass is 79.9. The van der Waals surface area contributed by atoms with Gasteiger partial charge in [0, 0.05) is 16.3 Å². The fourth-order valence-corrected chi connectivity index (χ4v) is 2.58. The van der Waals surface area contributed by atoms with Gasteiger partial charge in [0.25, 0.3) is 0 Å². The van der Waals surface area contributed by atoms with Crippen LogP contribution in [0.1, 0.15) is 25.0 Å². The number of nitrogens with zero attached hydrogens (tertiary/aromatic N) is 1. The van der Waals surface area contributed by atoms with Gasteiger partial charge in [-0.15, -0.1) is 0 Å². The first-order chi connectivity index (χ1) is 8.43. The Hall–Kier alpha value is -1.16. The standard InChI is InChI=1S/C14H16BrNO2/c1-8-9(2)14(18)16(13(8)17)7-11-5-4-6-12(15)10(11)3/h4-6,8-9H,7H2,1-3H3/t8-,9-/m0/s1. The maximum Gasteiger partial charge on any atom is 0.233 e. The highest BCUT2D eigenvalue weighted by Crippen LogP contribution is 2.28. The summed E-state index contributed by atoms with van der Waals surface area (Å²) in [5, 5.41) is 0. The molecule has 1 saturated heterocycles. The van der Waals surface area contributed by atoms with Crippen LogP contribution in [0.25, 0.3) is 0 Å². The van der Waals surface area contributed by atoms with Crippen molar-refractivity contribution in [2.24, 2.45) is 11.8 Å². The Kier molecular flexibility index (Phi) is 3.57. The molecule has 96 valence electrons. The second-order valence-corrected chi connectivity index (χ2v) is 5.72. The van der Waals surface area contributed by atoms with E-state index in [1.165, 1.54) is 4.90 Å². The van der Waals surface area contributed by atoms with Crippen LogP contribution < -0.4 is 0 Å². The first-order valence-electron chi connectivity index (χ1n) is 6.02. The Balaban J connectivity index is 2.27. The maximum atomic E-state index is 12.0. The van der Waals surface area contributed by atoms with Crippen LogP contribution in [-0.2, 0) is 16.1 Å². The molecule has 1 aliphatic heterocycles. The molecular weight excluding hydrogens is 294 g/mol. The van der Waals surface area contributed by atoms with Crippen molar-refractivity contribution in [3.05, 3.63) is 33.8 Å². The van der Waals surface area contributed by atoms with E-state index in [0.717, 1.165) is 15.6 Å². The monoisotopic (exact) mass is 309 g/mol. The summed E-state index contributed by atoms with van der Waals surface area (Å²) in [4.78, 5) is 25.4. The molecule has 2 amide bonds. The van der Waals surface area contributed by atoms with Crippen LogP contribution >= 0.6 is 15.9 Å². The fraction of sp³-hybridized carbons (Fsp3) is 0.429. The van der Waals surface area contributed by atoms with Gasteiger partial charge in [-0.25, -0.2) is 0 Å². The molecule has 18 heavy (non-hydrogen) atoms. The zero-order valence-electron chi connectivity index (χ0n) is 10.7. The zero-order valence-corrected chi connectivity index (χ0v) is 12.3. The van der Waals surface area contributed by atoms with Crippen LogP contribution in [0.3, 0.4) is 0 Å². The van der Waals surface area contributed by atoms with Gasteiger partial charge in [-0.2, -0.15) is 0 Å². The van der Waals surface area contributed by atoms with Crippen molar-refractivity contribution < 1.29 is 9.59 Å². The molecule has 1 aromatic rings. The number of benzene rings is 1. The molecule has 1 aromatic carbocycles. The van der Waals surface area contributed by atoms with Crippen LogP contribution in [0.4, 0.5) is 0 Å². The molecule has 4 heteroatoms. The van der Waals surface area contributed by atoms with Crippen LogP contribution in [0.2, 0.25) is 0 Å². The number of amides is 2.